The van der Waals surface area contributed by atoms with Gasteiger partial charge in [-0.3, -0.25) is 4.79 Å². The monoisotopic (exact) mass is 352 g/mol. The molecule has 0 bridgehead atoms. The highest BCUT2D eigenvalue weighted by molar-refractivity contribution is 7.98. The highest BCUT2D eigenvalue weighted by Gasteiger charge is 2.12. The van der Waals surface area contributed by atoms with Gasteiger partial charge in [-0.25, -0.2) is 0 Å². The first-order chi connectivity index (χ1) is 11.1. The Morgan fingerprint density at radius 1 is 1.43 bits per heavy atom. The highest BCUT2D eigenvalue weighted by Crippen LogP contribution is 2.16. The Hall–Kier alpha value is -1.34. The Bertz CT molecular complexity index is 608. The molecule has 0 fully saturated rings. The number of amides is 1. The van der Waals surface area contributed by atoms with Crippen LogP contribution in [0.3, 0.4) is 0 Å². The van der Waals surface area contributed by atoms with E-state index in [9.17, 15) is 4.79 Å². The largest absolute Gasteiger partial charge is 0.356 e. The smallest absolute Gasteiger partial charge is 0.225 e. The van der Waals surface area contributed by atoms with Crippen molar-refractivity contribution < 1.29 is 4.79 Å². The third-order valence-electron chi connectivity index (χ3n) is 3.34. The Morgan fingerprint density at radius 3 is 2.91 bits per heavy atom. The molecule has 2 aromatic rings. The van der Waals surface area contributed by atoms with Crippen molar-refractivity contribution in [3.63, 3.8) is 0 Å². The van der Waals surface area contributed by atoms with Gasteiger partial charge in [0.15, 0.2) is 5.16 Å². The molecule has 2 rings (SSSR count). The van der Waals surface area contributed by atoms with Crippen LogP contribution in [0.2, 0.25) is 0 Å². The van der Waals surface area contributed by atoms with Gasteiger partial charge in [-0.1, -0.05) is 31.7 Å². The Morgan fingerprint density at radius 2 is 2.26 bits per heavy atom. The van der Waals surface area contributed by atoms with Crippen LogP contribution in [0.4, 0.5) is 0 Å². The number of rotatable bonds is 9. The van der Waals surface area contributed by atoms with Gasteiger partial charge in [0.2, 0.25) is 5.91 Å². The molecule has 126 valence electrons. The van der Waals surface area contributed by atoms with Gasteiger partial charge >= 0.3 is 0 Å². The number of carbonyl (C=O) groups is 1. The van der Waals surface area contributed by atoms with E-state index in [0.717, 1.165) is 35.2 Å². The van der Waals surface area contributed by atoms with E-state index in [4.69, 9.17) is 0 Å². The van der Waals surface area contributed by atoms with Gasteiger partial charge < -0.3 is 9.88 Å². The lowest BCUT2D eigenvalue weighted by Gasteiger charge is -2.11. The van der Waals surface area contributed by atoms with Gasteiger partial charge in [-0.05, 0) is 30.0 Å². The summed E-state index contributed by atoms with van der Waals surface area (Å²) >= 11 is 3.24. The minimum atomic E-state index is 0.0842. The molecule has 0 radical (unpaired) electrons. The van der Waals surface area contributed by atoms with Crippen LogP contribution >= 0.6 is 23.1 Å². The minimum Gasteiger partial charge on any atom is -0.356 e. The second-order valence-electron chi connectivity index (χ2n) is 5.82. The van der Waals surface area contributed by atoms with Gasteiger partial charge in [0.25, 0.3) is 0 Å². The molecule has 5 nitrogen and oxygen atoms in total. The highest BCUT2D eigenvalue weighted by atomic mass is 32.2. The van der Waals surface area contributed by atoms with Crippen LogP contribution in [0.25, 0.3) is 0 Å². The zero-order valence-electron chi connectivity index (χ0n) is 13.9. The van der Waals surface area contributed by atoms with E-state index >= 15 is 0 Å². The summed E-state index contributed by atoms with van der Waals surface area (Å²) in [5.41, 5.74) is 0. The van der Waals surface area contributed by atoms with Crippen molar-refractivity contribution in [2.75, 3.05) is 12.8 Å². The number of aryl methyl sites for hydroxylation is 1. The van der Waals surface area contributed by atoms with E-state index in [1.165, 1.54) is 0 Å². The Kier molecular flexibility index (Phi) is 7.11. The predicted octanol–water partition coefficient (Wildman–Crippen LogP) is 3.01. The van der Waals surface area contributed by atoms with Gasteiger partial charge in [0, 0.05) is 24.4 Å². The van der Waals surface area contributed by atoms with Crippen LogP contribution in [-0.4, -0.2) is 33.5 Å². The van der Waals surface area contributed by atoms with Gasteiger partial charge in [-0.15, -0.1) is 21.5 Å². The molecule has 7 heteroatoms. The second-order valence-corrected chi connectivity index (χ2v) is 7.62. The first-order valence-electron chi connectivity index (χ1n) is 7.85. The molecule has 23 heavy (non-hydrogen) atoms. The Balaban J connectivity index is 1.77. The summed E-state index contributed by atoms with van der Waals surface area (Å²) in [4.78, 5) is 12.9. The van der Waals surface area contributed by atoms with Gasteiger partial charge in [0.05, 0.1) is 6.42 Å². The first kappa shape index (κ1) is 18.0. The summed E-state index contributed by atoms with van der Waals surface area (Å²) < 4.78 is 2.20. The van der Waals surface area contributed by atoms with E-state index in [0.29, 0.717) is 18.9 Å². The molecule has 2 aromatic heterocycles. The molecule has 1 amide bonds. The summed E-state index contributed by atoms with van der Waals surface area (Å²) in [6.07, 6.45) is 4.20. The quantitative estimate of drug-likeness (QED) is 0.557. The summed E-state index contributed by atoms with van der Waals surface area (Å²) in [6.45, 7) is 5.99. The summed E-state index contributed by atoms with van der Waals surface area (Å²) in [5, 5.41) is 14.5. The van der Waals surface area contributed by atoms with E-state index in [1.807, 2.05) is 23.8 Å². The molecule has 0 aliphatic heterocycles. The van der Waals surface area contributed by atoms with E-state index < -0.39 is 0 Å². The van der Waals surface area contributed by atoms with Crippen molar-refractivity contribution in [3.05, 3.63) is 28.2 Å². The van der Waals surface area contributed by atoms with Crippen molar-refractivity contribution in [1.82, 2.24) is 20.1 Å². The number of hydrogen-bond donors (Lipinski definition) is 1. The zero-order valence-corrected chi connectivity index (χ0v) is 15.5. The van der Waals surface area contributed by atoms with Gasteiger partial charge in [-0.2, -0.15) is 0 Å². The molecule has 0 spiro atoms. The molecule has 0 aliphatic rings. The summed E-state index contributed by atoms with van der Waals surface area (Å²) in [5.74, 6) is 1.65. The molecule has 0 aliphatic carbocycles. The normalized spacial score (nSPS) is 11.1. The molecule has 0 atom stereocenters. The fourth-order valence-electron chi connectivity index (χ4n) is 2.31. The SMILES string of the molecule is CSc1nnc(CCCNC(=O)Cc2cccs2)n1CC(C)C. The number of nitrogens with one attached hydrogen (secondary N) is 1. The molecule has 1 N–H and O–H groups in total. The topological polar surface area (TPSA) is 59.8 Å². The maximum Gasteiger partial charge on any atom is 0.225 e. The Labute approximate surface area is 145 Å². The maximum absolute atomic E-state index is 11.8. The van der Waals surface area contributed by atoms with Crippen molar-refractivity contribution in [3.8, 4) is 0 Å². The van der Waals surface area contributed by atoms with Crippen LogP contribution in [0.1, 0.15) is 31.0 Å². The van der Waals surface area contributed by atoms with Crippen molar-refractivity contribution in [1.29, 1.82) is 0 Å². The average Bonchev–Trinajstić information content (AvgIpc) is 3.13. The predicted molar refractivity (Wildman–Crippen MR) is 96.0 cm³/mol. The van der Waals surface area contributed by atoms with E-state index in [1.54, 1.807) is 23.1 Å². The molecule has 0 saturated carbocycles. The van der Waals surface area contributed by atoms with Crippen molar-refractivity contribution in [2.45, 2.75) is 44.8 Å². The third kappa shape index (κ3) is 5.66. The molecular weight excluding hydrogens is 328 g/mol. The lowest BCUT2D eigenvalue weighted by molar-refractivity contribution is -0.120. The van der Waals surface area contributed by atoms with Crippen LogP contribution in [0, 0.1) is 5.92 Å². The summed E-state index contributed by atoms with van der Waals surface area (Å²) in [6, 6.07) is 3.96. The number of thioether (sulfide) groups is 1. The summed E-state index contributed by atoms with van der Waals surface area (Å²) in [7, 11) is 0. The lowest BCUT2D eigenvalue weighted by Crippen LogP contribution is -2.26. The molecular formula is C16H24N4OS2. The number of aromatic nitrogens is 3. The van der Waals surface area contributed by atoms with E-state index in [-0.39, 0.29) is 5.91 Å². The lowest BCUT2D eigenvalue weighted by atomic mass is 10.2. The van der Waals surface area contributed by atoms with Crippen LogP contribution in [-0.2, 0) is 24.2 Å². The molecule has 0 saturated heterocycles. The van der Waals surface area contributed by atoms with Crippen LogP contribution in [0.15, 0.2) is 22.7 Å². The maximum atomic E-state index is 11.8. The van der Waals surface area contributed by atoms with Crippen LogP contribution < -0.4 is 5.32 Å². The standard InChI is InChI=1S/C16H24N4OS2/c1-12(2)11-20-14(18-19-16(20)22-3)7-4-8-17-15(21)10-13-6-5-9-23-13/h5-6,9,12H,4,7-8,10-11H2,1-3H3,(H,17,21). The number of carbonyl (C=O) groups excluding carboxylic acids is 1. The second kappa shape index (κ2) is 9.08. The third-order valence-corrected chi connectivity index (χ3v) is 4.88. The number of nitrogens with zero attached hydrogens (tertiary/aromatic N) is 3. The zero-order chi connectivity index (χ0) is 16.7. The molecule has 0 unspecified atom stereocenters. The minimum absolute atomic E-state index is 0.0842. The number of thiophene rings is 1. The number of hydrogen-bond acceptors (Lipinski definition) is 5. The fourth-order valence-corrected chi connectivity index (χ4v) is 3.54. The van der Waals surface area contributed by atoms with Crippen molar-refractivity contribution >= 4 is 29.0 Å². The molecule has 0 aromatic carbocycles. The van der Waals surface area contributed by atoms with Crippen molar-refractivity contribution in [2.24, 2.45) is 5.92 Å². The molecule has 2 heterocycles. The van der Waals surface area contributed by atoms with E-state index in [2.05, 4.69) is 33.9 Å². The van der Waals surface area contributed by atoms with Crippen LogP contribution in [0.5, 0.6) is 0 Å². The van der Waals surface area contributed by atoms with Gasteiger partial charge in [0.1, 0.15) is 5.82 Å². The fraction of sp³-hybridized carbons (Fsp3) is 0.562. The average molecular weight is 353 g/mol. The first-order valence-corrected chi connectivity index (χ1v) is 9.95.